The number of carboxylic acid groups (broad SMARTS) is 1. The van der Waals surface area contributed by atoms with Crippen molar-refractivity contribution in [1.29, 1.82) is 0 Å². The first kappa shape index (κ1) is 16.4. The molecule has 0 aliphatic rings. The van der Waals surface area contributed by atoms with E-state index in [0.717, 1.165) is 10.6 Å². The predicted molar refractivity (Wildman–Crippen MR) is 74.7 cm³/mol. The summed E-state index contributed by atoms with van der Waals surface area (Å²) in [6.07, 6.45) is 0.392. The van der Waals surface area contributed by atoms with E-state index in [9.17, 15) is 21.6 Å². The quantitative estimate of drug-likeness (QED) is 0.773. The van der Waals surface area contributed by atoms with Crippen LogP contribution in [0.4, 0.5) is 5.69 Å². The van der Waals surface area contributed by atoms with Gasteiger partial charge in [0.2, 0.25) is 10.0 Å². The zero-order valence-corrected chi connectivity index (χ0v) is 12.4. The minimum Gasteiger partial charge on any atom is -0.481 e. The number of anilines is 1. The second kappa shape index (κ2) is 6.23. The number of sulfone groups is 1. The van der Waals surface area contributed by atoms with Crippen molar-refractivity contribution < 1.29 is 26.7 Å². The van der Waals surface area contributed by atoms with Crippen LogP contribution in [0.25, 0.3) is 0 Å². The minimum absolute atomic E-state index is 0.234. The largest absolute Gasteiger partial charge is 0.481 e. The van der Waals surface area contributed by atoms with Crippen LogP contribution in [0.5, 0.6) is 0 Å². The maximum atomic E-state index is 12.1. The third-order valence-electron chi connectivity index (χ3n) is 2.27. The van der Waals surface area contributed by atoms with Crippen LogP contribution >= 0.6 is 0 Å². The fourth-order valence-corrected chi connectivity index (χ4v) is 5.04. The highest BCUT2D eigenvalue weighted by atomic mass is 32.3. The number of sulfonamides is 1. The van der Waals surface area contributed by atoms with Crippen LogP contribution in [0.2, 0.25) is 0 Å². The van der Waals surface area contributed by atoms with Gasteiger partial charge < -0.3 is 5.11 Å². The monoisotopic (exact) mass is 321 g/mol. The van der Waals surface area contributed by atoms with Crippen molar-refractivity contribution in [3.8, 4) is 0 Å². The van der Waals surface area contributed by atoms with Crippen LogP contribution in [0.1, 0.15) is 6.42 Å². The number of hydrogen-bond acceptors (Lipinski definition) is 5. The number of carboxylic acids is 1. The molecule has 0 aromatic heterocycles. The van der Waals surface area contributed by atoms with E-state index in [0.29, 0.717) is 0 Å². The van der Waals surface area contributed by atoms with Gasteiger partial charge in [-0.05, 0) is 12.1 Å². The molecule has 0 fully saturated rings. The van der Waals surface area contributed by atoms with Crippen LogP contribution in [0.15, 0.2) is 30.3 Å². The van der Waals surface area contributed by atoms with Crippen molar-refractivity contribution in [3.05, 3.63) is 30.3 Å². The minimum atomic E-state index is -4.15. The average Bonchev–Trinajstić information content (AvgIpc) is 2.26. The van der Waals surface area contributed by atoms with Crippen molar-refractivity contribution in [2.75, 3.05) is 22.2 Å². The van der Waals surface area contributed by atoms with E-state index in [4.69, 9.17) is 5.11 Å². The highest BCUT2D eigenvalue weighted by Crippen LogP contribution is 2.19. The van der Waals surface area contributed by atoms with E-state index in [2.05, 4.69) is 0 Å². The molecule has 0 atom stereocenters. The van der Waals surface area contributed by atoms with Gasteiger partial charge in [-0.3, -0.25) is 9.10 Å². The maximum absolute atomic E-state index is 12.1. The van der Waals surface area contributed by atoms with Crippen molar-refractivity contribution in [1.82, 2.24) is 0 Å². The van der Waals surface area contributed by atoms with Crippen LogP contribution in [-0.4, -0.2) is 45.8 Å². The lowest BCUT2D eigenvalue weighted by Gasteiger charge is -2.23. The standard InChI is InChI=1S/C11H15NO6S2/c1-19(15,16)9-20(17,18)12(8-7-11(13)14)10-5-3-2-4-6-10/h2-6H,7-9H2,1H3,(H,13,14). The Kier molecular flexibility index (Phi) is 5.12. The van der Waals surface area contributed by atoms with Gasteiger partial charge in [0, 0.05) is 12.8 Å². The predicted octanol–water partition coefficient (Wildman–Crippen LogP) is 0.300. The van der Waals surface area contributed by atoms with Gasteiger partial charge in [-0.25, -0.2) is 16.8 Å². The van der Waals surface area contributed by atoms with Crippen molar-refractivity contribution in [3.63, 3.8) is 0 Å². The fraction of sp³-hybridized carbons (Fsp3) is 0.364. The molecule has 0 amide bonds. The van der Waals surface area contributed by atoms with Crippen LogP contribution in [0.3, 0.4) is 0 Å². The molecule has 1 N–H and O–H groups in total. The number of benzene rings is 1. The van der Waals surface area contributed by atoms with Gasteiger partial charge in [0.05, 0.1) is 12.1 Å². The molecule has 112 valence electrons. The Morgan fingerprint density at radius 3 is 2.15 bits per heavy atom. The summed E-state index contributed by atoms with van der Waals surface area (Å²) in [5.74, 6) is -1.17. The Bertz CT molecular complexity index is 666. The zero-order chi connectivity index (χ0) is 15.4. The van der Waals surface area contributed by atoms with E-state index >= 15 is 0 Å². The van der Waals surface area contributed by atoms with E-state index in [1.807, 2.05) is 0 Å². The van der Waals surface area contributed by atoms with Gasteiger partial charge in [0.15, 0.2) is 14.9 Å². The number of hydrogen-bond donors (Lipinski definition) is 1. The Morgan fingerprint density at radius 1 is 1.15 bits per heavy atom. The molecule has 9 heteroatoms. The lowest BCUT2D eigenvalue weighted by atomic mass is 10.3. The molecule has 7 nitrogen and oxygen atoms in total. The zero-order valence-electron chi connectivity index (χ0n) is 10.8. The molecular weight excluding hydrogens is 306 g/mol. The summed E-state index contributed by atoms with van der Waals surface area (Å²) in [5, 5.41) is 7.61. The summed E-state index contributed by atoms with van der Waals surface area (Å²) in [7, 11) is -7.90. The lowest BCUT2D eigenvalue weighted by molar-refractivity contribution is -0.136. The molecule has 1 rings (SSSR count). The molecule has 0 heterocycles. The van der Waals surface area contributed by atoms with Gasteiger partial charge in [-0.2, -0.15) is 0 Å². The highest BCUT2D eigenvalue weighted by Gasteiger charge is 2.27. The summed E-state index contributed by atoms with van der Waals surface area (Å²) in [6, 6.07) is 7.78. The Labute approximate surface area is 117 Å². The number of carbonyl (C=O) groups is 1. The topological polar surface area (TPSA) is 109 Å². The Hall–Kier alpha value is -1.61. The molecular formula is C11H15NO6S2. The van der Waals surface area contributed by atoms with E-state index in [1.54, 1.807) is 18.2 Å². The molecule has 0 aliphatic heterocycles. The first-order valence-corrected chi connectivity index (χ1v) is 9.24. The molecule has 1 aromatic rings. The third-order valence-corrected chi connectivity index (χ3v) is 6.24. The molecule has 20 heavy (non-hydrogen) atoms. The molecule has 1 aromatic carbocycles. The van der Waals surface area contributed by atoms with Gasteiger partial charge in [-0.15, -0.1) is 0 Å². The molecule has 0 bridgehead atoms. The second-order valence-electron chi connectivity index (χ2n) is 4.21. The third kappa shape index (κ3) is 5.17. The highest BCUT2D eigenvalue weighted by molar-refractivity contribution is 8.08. The van der Waals surface area contributed by atoms with Gasteiger partial charge >= 0.3 is 5.97 Å². The molecule has 0 unspecified atom stereocenters. The molecule has 0 spiro atoms. The maximum Gasteiger partial charge on any atom is 0.305 e. The molecule has 0 aliphatic carbocycles. The van der Waals surface area contributed by atoms with Crippen molar-refractivity contribution in [2.45, 2.75) is 6.42 Å². The summed E-state index contributed by atoms with van der Waals surface area (Å²) >= 11 is 0. The second-order valence-corrected chi connectivity index (χ2v) is 8.61. The average molecular weight is 321 g/mol. The summed E-state index contributed by atoms with van der Waals surface area (Å²) in [5.41, 5.74) is 0.234. The van der Waals surface area contributed by atoms with E-state index in [-0.39, 0.29) is 12.2 Å². The first-order valence-electron chi connectivity index (χ1n) is 5.57. The Balaban J connectivity index is 3.14. The fourth-order valence-electron chi connectivity index (χ4n) is 1.55. The Morgan fingerprint density at radius 2 is 1.70 bits per heavy atom. The molecule has 0 saturated heterocycles. The first-order chi connectivity index (χ1) is 9.12. The lowest BCUT2D eigenvalue weighted by Crippen LogP contribution is -2.36. The molecule has 0 saturated carbocycles. The van der Waals surface area contributed by atoms with Gasteiger partial charge in [0.1, 0.15) is 0 Å². The van der Waals surface area contributed by atoms with Gasteiger partial charge in [0.25, 0.3) is 0 Å². The SMILES string of the molecule is CS(=O)(=O)CS(=O)(=O)N(CCC(=O)O)c1ccccc1. The summed E-state index contributed by atoms with van der Waals surface area (Å²) in [6.45, 7) is -0.322. The smallest absolute Gasteiger partial charge is 0.305 e. The number of nitrogens with zero attached hydrogens (tertiary/aromatic N) is 1. The number of aliphatic carboxylic acids is 1. The van der Waals surface area contributed by atoms with E-state index < -0.39 is 37.3 Å². The summed E-state index contributed by atoms with van der Waals surface area (Å²) < 4.78 is 47.4. The summed E-state index contributed by atoms with van der Waals surface area (Å²) in [4.78, 5) is 10.6. The van der Waals surface area contributed by atoms with E-state index in [1.165, 1.54) is 12.1 Å². The van der Waals surface area contributed by atoms with Crippen LogP contribution < -0.4 is 4.31 Å². The van der Waals surface area contributed by atoms with Gasteiger partial charge in [-0.1, -0.05) is 18.2 Å². The number of rotatable bonds is 7. The molecule has 0 radical (unpaired) electrons. The normalized spacial score (nSPS) is 12.1. The van der Waals surface area contributed by atoms with Crippen molar-refractivity contribution in [2.24, 2.45) is 0 Å². The van der Waals surface area contributed by atoms with Crippen molar-refractivity contribution >= 4 is 31.5 Å². The van der Waals surface area contributed by atoms with Crippen LogP contribution in [0, 0.1) is 0 Å². The van der Waals surface area contributed by atoms with Crippen LogP contribution in [-0.2, 0) is 24.7 Å². The number of para-hydroxylation sites is 1.